The van der Waals surface area contributed by atoms with Gasteiger partial charge in [0.25, 0.3) is 0 Å². The van der Waals surface area contributed by atoms with Gasteiger partial charge in [0, 0.05) is 17.4 Å². The molecule has 19 heavy (non-hydrogen) atoms. The van der Waals surface area contributed by atoms with E-state index in [1.165, 1.54) is 0 Å². The Morgan fingerprint density at radius 1 is 1.42 bits per heavy atom. The first-order chi connectivity index (χ1) is 8.85. The van der Waals surface area contributed by atoms with Crippen molar-refractivity contribution in [2.75, 3.05) is 13.1 Å². The molecular formula is C13H13BrF3NO. The molecule has 1 aromatic carbocycles. The van der Waals surface area contributed by atoms with Crippen molar-refractivity contribution in [2.45, 2.75) is 19.0 Å². The third-order valence-electron chi connectivity index (χ3n) is 3.49. The number of carbonyl (C=O) groups excluding carboxylic acids is 1. The van der Waals surface area contributed by atoms with Crippen molar-refractivity contribution < 1.29 is 18.0 Å². The van der Waals surface area contributed by atoms with Crippen molar-refractivity contribution in [3.05, 3.63) is 34.3 Å². The summed E-state index contributed by atoms with van der Waals surface area (Å²) in [6.45, 7) is -0.0902. The Hall–Kier alpha value is -0.880. The van der Waals surface area contributed by atoms with E-state index in [2.05, 4.69) is 21.2 Å². The fraction of sp³-hybridized carbons (Fsp3) is 0.462. The molecule has 1 fully saturated rings. The summed E-state index contributed by atoms with van der Waals surface area (Å²) < 4.78 is 40.3. The average Bonchev–Trinajstić information content (AvgIpc) is 2.78. The highest BCUT2D eigenvalue weighted by atomic mass is 79.9. The van der Waals surface area contributed by atoms with Crippen LogP contribution < -0.4 is 5.32 Å². The second kappa shape index (κ2) is 5.25. The summed E-state index contributed by atoms with van der Waals surface area (Å²) >= 11 is 3.24. The van der Waals surface area contributed by atoms with E-state index in [0.29, 0.717) is 5.56 Å². The maximum absolute atomic E-state index is 13.2. The SMILES string of the molecule is O=C(Cc1cccc(Br)c1)C1(C(F)(F)F)CCNC1. The number of carbonyl (C=O) groups is 1. The minimum Gasteiger partial charge on any atom is -0.315 e. The van der Waals surface area contributed by atoms with E-state index in [1.807, 2.05) is 0 Å². The van der Waals surface area contributed by atoms with E-state index in [0.717, 1.165) is 4.47 Å². The average molecular weight is 336 g/mol. The number of halogens is 4. The standard InChI is InChI=1S/C13H13BrF3NO/c14-10-3-1-2-9(6-10)7-11(19)12(13(15,16)17)4-5-18-8-12/h1-3,6,18H,4-5,7-8H2. The van der Waals surface area contributed by atoms with Crippen molar-refractivity contribution >= 4 is 21.7 Å². The van der Waals surface area contributed by atoms with E-state index >= 15 is 0 Å². The van der Waals surface area contributed by atoms with Crippen LogP contribution in [-0.2, 0) is 11.2 Å². The lowest BCUT2D eigenvalue weighted by Crippen LogP contribution is -2.47. The minimum absolute atomic E-state index is 0.177. The lowest BCUT2D eigenvalue weighted by molar-refractivity contribution is -0.214. The number of hydrogen-bond donors (Lipinski definition) is 1. The molecule has 1 aromatic rings. The van der Waals surface area contributed by atoms with E-state index < -0.39 is 17.4 Å². The Kier molecular flexibility index (Phi) is 4.01. The molecule has 6 heteroatoms. The van der Waals surface area contributed by atoms with Gasteiger partial charge in [0.2, 0.25) is 0 Å². The van der Waals surface area contributed by atoms with Crippen LogP contribution in [0.5, 0.6) is 0 Å². The number of rotatable bonds is 3. The largest absolute Gasteiger partial charge is 0.402 e. The molecule has 0 saturated carbocycles. The van der Waals surface area contributed by atoms with Gasteiger partial charge >= 0.3 is 6.18 Å². The first kappa shape index (κ1) is 14.5. The highest BCUT2D eigenvalue weighted by Gasteiger charge is 2.60. The number of Topliss-reactive ketones (excluding diaryl/α,β-unsaturated/α-hetero) is 1. The molecule has 2 rings (SSSR count). The molecule has 2 nitrogen and oxygen atoms in total. The summed E-state index contributed by atoms with van der Waals surface area (Å²) in [5.74, 6) is -0.761. The zero-order chi connectivity index (χ0) is 14.1. The van der Waals surface area contributed by atoms with Gasteiger partial charge in [0.15, 0.2) is 5.78 Å². The molecule has 0 amide bonds. The van der Waals surface area contributed by atoms with E-state index in [1.54, 1.807) is 24.3 Å². The summed E-state index contributed by atoms with van der Waals surface area (Å²) in [6, 6.07) is 6.81. The topological polar surface area (TPSA) is 29.1 Å². The number of ketones is 1. The third-order valence-corrected chi connectivity index (χ3v) is 3.98. The first-order valence-electron chi connectivity index (χ1n) is 5.90. The van der Waals surface area contributed by atoms with Gasteiger partial charge in [0.05, 0.1) is 0 Å². The lowest BCUT2D eigenvalue weighted by atomic mass is 9.79. The van der Waals surface area contributed by atoms with Crippen molar-refractivity contribution in [3.63, 3.8) is 0 Å². The fourth-order valence-corrected chi connectivity index (χ4v) is 2.78. The van der Waals surface area contributed by atoms with Gasteiger partial charge in [-0.25, -0.2) is 0 Å². The Morgan fingerprint density at radius 2 is 2.16 bits per heavy atom. The van der Waals surface area contributed by atoms with Crippen molar-refractivity contribution in [1.82, 2.24) is 5.32 Å². The first-order valence-corrected chi connectivity index (χ1v) is 6.70. The van der Waals surface area contributed by atoms with Crippen LogP contribution in [0, 0.1) is 5.41 Å². The molecule has 1 saturated heterocycles. The van der Waals surface area contributed by atoms with Gasteiger partial charge in [-0.2, -0.15) is 13.2 Å². The number of hydrogen-bond acceptors (Lipinski definition) is 2. The van der Waals surface area contributed by atoms with E-state index in [9.17, 15) is 18.0 Å². The normalized spacial score (nSPS) is 23.6. The van der Waals surface area contributed by atoms with Crippen molar-refractivity contribution in [1.29, 1.82) is 0 Å². The second-order valence-electron chi connectivity index (χ2n) is 4.74. The van der Waals surface area contributed by atoms with Crippen molar-refractivity contribution in [3.8, 4) is 0 Å². The minimum atomic E-state index is -4.50. The molecule has 1 unspecified atom stereocenters. The fourth-order valence-electron chi connectivity index (χ4n) is 2.33. The van der Waals surface area contributed by atoms with Crippen LogP contribution in [0.3, 0.4) is 0 Å². The predicted octanol–water partition coefficient (Wildman–Crippen LogP) is 3.10. The van der Waals surface area contributed by atoms with Gasteiger partial charge in [0.1, 0.15) is 5.41 Å². The number of benzene rings is 1. The maximum Gasteiger partial charge on any atom is 0.402 e. The van der Waals surface area contributed by atoms with Gasteiger partial charge in [-0.05, 0) is 30.7 Å². The molecule has 1 heterocycles. The molecule has 0 bridgehead atoms. The summed E-state index contributed by atoms with van der Waals surface area (Å²) in [5, 5.41) is 2.65. The highest BCUT2D eigenvalue weighted by molar-refractivity contribution is 9.10. The van der Waals surface area contributed by atoms with E-state index in [-0.39, 0.29) is 25.9 Å². The zero-order valence-corrected chi connectivity index (χ0v) is 11.6. The molecule has 1 N–H and O–H groups in total. The van der Waals surface area contributed by atoms with Gasteiger partial charge < -0.3 is 5.32 Å². The molecule has 1 atom stereocenters. The molecule has 0 aromatic heterocycles. The van der Waals surface area contributed by atoms with E-state index in [4.69, 9.17) is 0 Å². The maximum atomic E-state index is 13.2. The Bertz CT molecular complexity index is 481. The molecule has 0 aliphatic carbocycles. The van der Waals surface area contributed by atoms with Crippen LogP contribution in [0.2, 0.25) is 0 Å². The third kappa shape index (κ3) is 2.84. The Morgan fingerprint density at radius 3 is 2.68 bits per heavy atom. The molecule has 0 radical (unpaired) electrons. The van der Waals surface area contributed by atoms with Crippen LogP contribution in [0.15, 0.2) is 28.7 Å². The highest BCUT2D eigenvalue weighted by Crippen LogP contribution is 2.44. The Labute approximate surface area is 117 Å². The molecule has 1 aliphatic rings. The molecule has 0 spiro atoms. The zero-order valence-electron chi connectivity index (χ0n) is 10.1. The molecule has 1 aliphatic heterocycles. The monoisotopic (exact) mass is 335 g/mol. The predicted molar refractivity (Wildman–Crippen MR) is 68.8 cm³/mol. The summed E-state index contributed by atoms with van der Waals surface area (Å²) in [5.41, 5.74) is -1.63. The van der Waals surface area contributed by atoms with Crippen LogP contribution in [0.25, 0.3) is 0 Å². The van der Waals surface area contributed by atoms with Crippen LogP contribution in [0.1, 0.15) is 12.0 Å². The molecule has 104 valence electrons. The smallest absolute Gasteiger partial charge is 0.315 e. The quantitative estimate of drug-likeness (QED) is 0.919. The molecular weight excluding hydrogens is 323 g/mol. The van der Waals surface area contributed by atoms with Crippen LogP contribution >= 0.6 is 15.9 Å². The summed E-state index contributed by atoms with van der Waals surface area (Å²) in [7, 11) is 0. The van der Waals surface area contributed by atoms with Crippen LogP contribution in [-0.4, -0.2) is 25.0 Å². The lowest BCUT2D eigenvalue weighted by Gasteiger charge is -2.29. The van der Waals surface area contributed by atoms with Gasteiger partial charge in [-0.1, -0.05) is 28.1 Å². The van der Waals surface area contributed by atoms with Gasteiger partial charge in [-0.15, -0.1) is 0 Å². The van der Waals surface area contributed by atoms with Gasteiger partial charge in [-0.3, -0.25) is 4.79 Å². The summed E-state index contributed by atoms with van der Waals surface area (Å²) in [6.07, 6.45) is -4.87. The van der Waals surface area contributed by atoms with Crippen LogP contribution in [0.4, 0.5) is 13.2 Å². The second-order valence-corrected chi connectivity index (χ2v) is 5.65. The number of nitrogens with one attached hydrogen (secondary N) is 1. The Balaban J connectivity index is 2.22. The summed E-state index contributed by atoms with van der Waals surface area (Å²) in [4.78, 5) is 12.1. The number of alkyl halides is 3. The van der Waals surface area contributed by atoms with Crippen molar-refractivity contribution in [2.24, 2.45) is 5.41 Å².